The highest BCUT2D eigenvalue weighted by Gasteiger charge is 2.23. The Kier molecular flexibility index (Phi) is 5.05. The van der Waals surface area contributed by atoms with Crippen molar-refractivity contribution in [3.8, 4) is 17.2 Å². The largest absolute Gasteiger partial charge is 0.494 e. The van der Waals surface area contributed by atoms with Crippen LogP contribution in [0, 0.1) is 12.7 Å². The van der Waals surface area contributed by atoms with Crippen molar-refractivity contribution in [1.29, 1.82) is 0 Å². The van der Waals surface area contributed by atoms with Crippen LogP contribution in [0.3, 0.4) is 0 Å². The van der Waals surface area contributed by atoms with Gasteiger partial charge in [-0.3, -0.25) is 4.79 Å². The minimum absolute atomic E-state index is 0.0858. The van der Waals surface area contributed by atoms with E-state index in [4.69, 9.17) is 14.9 Å². The van der Waals surface area contributed by atoms with Crippen LogP contribution in [0.4, 0.5) is 15.9 Å². The summed E-state index contributed by atoms with van der Waals surface area (Å²) in [6.45, 7) is 5.90. The van der Waals surface area contributed by atoms with Crippen LogP contribution in [0.1, 0.15) is 41.4 Å². The third kappa shape index (κ3) is 3.56. The van der Waals surface area contributed by atoms with Gasteiger partial charge in [-0.05, 0) is 24.5 Å². The normalized spacial score (nSPS) is 11.3. The zero-order valence-electron chi connectivity index (χ0n) is 17.4. The number of primary amides is 1. The highest BCUT2D eigenvalue weighted by Crippen LogP contribution is 2.37. The van der Waals surface area contributed by atoms with Crippen LogP contribution in [0.2, 0.25) is 0 Å². The second kappa shape index (κ2) is 7.71. The predicted octanol–water partition coefficient (Wildman–Crippen LogP) is 3.81. The van der Waals surface area contributed by atoms with E-state index in [0.29, 0.717) is 28.7 Å². The number of halogens is 1. The van der Waals surface area contributed by atoms with E-state index in [9.17, 15) is 9.18 Å². The molecule has 9 nitrogen and oxygen atoms in total. The molecule has 0 saturated carbocycles. The molecule has 4 rings (SSSR count). The Balaban J connectivity index is 1.89. The van der Waals surface area contributed by atoms with Gasteiger partial charge < -0.3 is 20.2 Å². The molecule has 0 saturated heterocycles. The average Bonchev–Trinajstić information content (AvgIpc) is 3.33. The monoisotopic (exact) mass is 424 g/mol. The summed E-state index contributed by atoms with van der Waals surface area (Å²) >= 11 is 0. The molecule has 0 aliphatic rings. The number of carbonyl (C=O) groups is 1. The maximum Gasteiger partial charge on any atom is 0.251 e. The van der Waals surface area contributed by atoms with Crippen molar-refractivity contribution >= 4 is 22.9 Å². The molecule has 1 aromatic carbocycles. The molecule has 0 aliphatic heterocycles. The molecule has 0 radical (unpaired) electrons. The summed E-state index contributed by atoms with van der Waals surface area (Å²) in [5.74, 6) is -0.113. The van der Waals surface area contributed by atoms with Crippen LogP contribution in [0.15, 0.2) is 35.3 Å². The van der Waals surface area contributed by atoms with Gasteiger partial charge in [-0.2, -0.15) is 5.10 Å². The number of oxazole rings is 1. The van der Waals surface area contributed by atoms with E-state index in [1.807, 2.05) is 27.0 Å². The molecule has 1 amide bonds. The Bertz CT molecular complexity index is 1290. The third-order valence-electron chi connectivity index (χ3n) is 4.83. The number of nitrogens with zero attached hydrogens (tertiary/aromatic N) is 4. The number of benzene rings is 1. The fourth-order valence-electron chi connectivity index (χ4n) is 3.49. The molecule has 0 spiro atoms. The lowest BCUT2D eigenvalue weighted by molar-refractivity contribution is 0.0995. The SMILES string of the molecule is COc1cc(Nc2ncnn3cc(-c4ncc(C)o4)c(C(C)C)c23)cc(C(N)=O)c1F. The molecule has 3 aromatic heterocycles. The number of nitrogens with one attached hydrogen (secondary N) is 1. The van der Waals surface area contributed by atoms with Gasteiger partial charge in [0.05, 0.1) is 24.4 Å². The molecule has 0 unspecified atom stereocenters. The van der Waals surface area contributed by atoms with Crippen LogP contribution in [-0.4, -0.2) is 32.6 Å². The Morgan fingerprint density at radius 2 is 2.10 bits per heavy atom. The molecule has 31 heavy (non-hydrogen) atoms. The number of anilines is 2. The zero-order valence-corrected chi connectivity index (χ0v) is 17.4. The lowest BCUT2D eigenvalue weighted by Gasteiger charge is -2.13. The minimum atomic E-state index is -0.903. The van der Waals surface area contributed by atoms with E-state index >= 15 is 0 Å². The summed E-state index contributed by atoms with van der Waals surface area (Å²) in [5.41, 5.74) is 7.83. The van der Waals surface area contributed by atoms with Gasteiger partial charge in [-0.15, -0.1) is 0 Å². The molecule has 160 valence electrons. The summed E-state index contributed by atoms with van der Waals surface area (Å²) in [4.78, 5) is 20.4. The lowest BCUT2D eigenvalue weighted by Crippen LogP contribution is -2.14. The average molecular weight is 424 g/mol. The highest BCUT2D eigenvalue weighted by molar-refractivity contribution is 5.95. The molecule has 0 bridgehead atoms. The number of fused-ring (bicyclic) bond motifs is 1. The van der Waals surface area contributed by atoms with E-state index < -0.39 is 11.7 Å². The number of rotatable bonds is 6. The summed E-state index contributed by atoms with van der Waals surface area (Å²) < 4.78 is 26.8. The van der Waals surface area contributed by atoms with Gasteiger partial charge in [0.2, 0.25) is 5.89 Å². The van der Waals surface area contributed by atoms with Crippen LogP contribution < -0.4 is 15.8 Å². The smallest absolute Gasteiger partial charge is 0.251 e. The van der Waals surface area contributed by atoms with E-state index in [2.05, 4.69) is 20.4 Å². The van der Waals surface area contributed by atoms with Gasteiger partial charge in [0.15, 0.2) is 17.4 Å². The maximum absolute atomic E-state index is 14.4. The van der Waals surface area contributed by atoms with Gasteiger partial charge in [0, 0.05) is 18.0 Å². The van der Waals surface area contributed by atoms with Gasteiger partial charge in [0.1, 0.15) is 17.6 Å². The Morgan fingerprint density at radius 3 is 2.71 bits per heavy atom. The Morgan fingerprint density at radius 1 is 1.32 bits per heavy atom. The minimum Gasteiger partial charge on any atom is -0.494 e. The Labute approximate surface area is 177 Å². The molecule has 0 aliphatic carbocycles. The van der Waals surface area contributed by atoms with Crippen molar-refractivity contribution in [2.75, 3.05) is 12.4 Å². The number of aromatic nitrogens is 4. The second-order valence-electron chi connectivity index (χ2n) is 7.32. The molecule has 0 fully saturated rings. The fourth-order valence-corrected chi connectivity index (χ4v) is 3.49. The van der Waals surface area contributed by atoms with Gasteiger partial charge in [-0.1, -0.05) is 13.8 Å². The quantitative estimate of drug-likeness (QED) is 0.483. The van der Waals surface area contributed by atoms with Crippen molar-refractivity contribution in [3.05, 3.63) is 53.6 Å². The summed E-state index contributed by atoms with van der Waals surface area (Å²) in [5, 5.41) is 7.44. The fraction of sp³-hybridized carbons (Fsp3) is 0.238. The third-order valence-corrected chi connectivity index (χ3v) is 4.83. The first kappa shape index (κ1) is 20.3. The number of hydrogen-bond acceptors (Lipinski definition) is 7. The summed E-state index contributed by atoms with van der Waals surface area (Å²) in [6.07, 6.45) is 4.87. The molecule has 3 N–H and O–H groups in total. The van der Waals surface area contributed by atoms with Gasteiger partial charge in [0.25, 0.3) is 5.91 Å². The van der Waals surface area contributed by atoms with Crippen molar-refractivity contribution in [1.82, 2.24) is 19.6 Å². The first-order valence-electron chi connectivity index (χ1n) is 9.53. The van der Waals surface area contributed by atoms with Gasteiger partial charge >= 0.3 is 0 Å². The van der Waals surface area contributed by atoms with E-state index in [0.717, 1.165) is 11.1 Å². The molecule has 10 heteroatoms. The van der Waals surface area contributed by atoms with Crippen molar-refractivity contribution in [3.63, 3.8) is 0 Å². The topological polar surface area (TPSA) is 121 Å². The van der Waals surface area contributed by atoms with E-state index in [1.54, 1.807) is 10.7 Å². The zero-order chi connectivity index (χ0) is 22.3. The van der Waals surface area contributed by atoms with E-state index in [1.165, 1.54) is 25.6 Å². The number of amides is 1. The molecular weight excluding hydrogens is 403 g/mol. The lowest BCUT2D eigenvalue weighted by atomic mass is 10.00. The molecular formula is C21H21FN6O3. The van der Waals surface area contributed by atoms with Crippen molar-refractivity contribution in [2.45, 2.75) is 26.7 Å². The number of hydrogen-bond donors (Lipinski definition) is 2. The molecule has 3 heterocycles. The van der Waals surface area contributed by atoms with E-state index in [-0.39, 0.29) is 17.2 Å². The second-order valence-corrected chi connectivity index (χ2v) is 7.32. The van der Waals surface area contributed by atoms with Crippen molar-refractivity contribution < 1.29 is 18.3 Å². The first-order chi connectivity index (χ1) is 14.8. The van der Waals surface area contributed by atoms with Crippen LogP contribution in [0.5, 0.6) is 5.75 Å². The van der Waals surface area contributed by atoms with Crippen LogP contribution in [0.25, 0.3) is 17.0 Å². The molecule has 0 atom stereocenters. The Hall–Kier alpha value is -3.95. The number of methoxy groups -OCH3 is 1. The van der Waals surface area contributed by atoms with Crippen LogP contribution >= 0.6 is 0 Å². The summed E-state index contributed by atoms with van der Waals surface area (Å²) in [6, 6.07) is 2.74. The maximum atomic E-state index is 14.4. The standard InChI is InChI=1S/C21H21FN6O3/c1-10(2)16-14(21-24-7-11(3)31-21)8-28-18(16)20(25-9-26-28)27-12-5-13(19(23)29)17(22)15(6-12)30-4/h5-10H,1-4H3,(H2,23,29)(H,25,26,27). The molecule has 4 aromatic rings. The summed E-state index contributed by atoms with van der Waals surface area (Å²) in [7, 11) is 1.31. The van der Waals surface area contributed by atoms with Gasteiger partial charge in [-0.25, -0.2) is 18.9 Å². The van der Waals surface area contributed by atoms with Crippen LogP contribution in [-0.2, 0) is 0 Å². The highest BCUT2D eigenvalue weighted by atomic mass is 19.1. The number of nitrogens with two attached hydrogens (primary N) is 1. The predicted molar refractivity (Wildman–Crippen MR) is 112 cm³/mol. The number of carbonyl (C=O) groups excluding carboxylic acids is 1. The number of ether oxygens (including phenoxy) is 1. The first-order valence-corrected chi connectivity index (χ1v) is 9.53. The number of aryl methyl sites for hydroxylation is 1. The van der Waals surface area contributed by atoms with Crippen molar-refractivity contribution in [2.24, 2.45) is 5.73 Å².